The number of likely N-dealkylation sites (tertiary alicyclic amines) is 1. The van der Waals surface area contributed by atoms with E-state index in [1.165, 1.54) is 0 Å². The highest BCUT2D eigenvalue weighted by Crippen LogP contribution is 2.24. The topological polar surface area (TPSA) is 77.7 Å². The molecule has 1 amide bonds. The fourth-order valence-corrected chi connectivity index (χ4v) is 3.83. The number of hydrogen-bond donors (Lipinski definition) is 0. The molecule has 1 saturated heterocycles. The Bertz CT molecular complexity index is 1010. The van der Waals surface area contributed by atoms with Crippen molar-refractivity contribution in [3.8, 4) is 17.2 Å². The van der Waals surface area contributed by atoms with Gasteiger partial charge in [-0.15, -0.1) is 0 Å². The molecule has 0 saturated carbocycles. The Kier molecular flexibility index (Phi) is 6.62. The van der Waals surface area contributed by atoms with Gasteiger partial charge in [0.15, 0.2) is 5.82 Å². The maximum absolute atomic E-state index is 12.9. The molecule has 2 aromatic carbocycles. The van der Waals surface area contributed by atoms with Crippen LogP contribution in [0.4, 0.5) is 0 Å². The molecule has 1 aliphatic heterocycles. The Hall–Kier alpha value is -3.19. The van der Waals surface area contributed by atoms with E-state index in [1.54, 1.807) is 7.11 Å². The van der Waals surface area contributed by atoms with Crippen molar-refractivity contribution in [3.05, 3.63) is 65.5 Å². The SMILES string of the molecule is COc1cccc(C(=O)N2CCC(OCCc3noc(-c4ccccc4)n3)CC2)c1C. The van der Waals surface area contributed by atoms with Crippen LogP contribution in [-0.2, 0) is 11.2 Å². The number of rotatable bonds is 7. The van der Waals surface area contributed by atoms with Crippen LogP contribution in [0.5, 0.6) is 5.75 Å². The maximum Gasteiger partial charge on any atom is 0.257 e. The Morgan fingerprint density at radius 3 is 2.65 bits per heavy atom. The molecule has 0 N–H and O–H groups in total. The number of nitrogens with zero attached hydrogens (tertiary/aromatic N) is 3. The molecular weight excluding hydrogens is 394 g/mol. The molecule has 0 atom stereocenters. The summed E-state index contributed by atoms with van der Waals surface area (Å²) in [6.07, 6.45) is 2.36. The third-order valence-corrected chi connectivity index (χ3v) is 5.63. The molecule has 0 spiro atoms. The van der Waals surface area contributed by atoms with Gasteiger partial charge in [0, 0.05) is 36.2 Å². The van der Waals surface area contributed by atoms with Gasteiger partial charge >= 0.3 is 0 Å². The van der Waals surface area contributed by atoms with Crippen LogP contribution in [0.25, 0.3) is 11.5 Å². The highest BCUT2D eigenvalue weighted by atomic mass is 16.5. The first-order valence-corrected chi connectivity index (χ1v) is 10.6. The molecule has 1 aromatic heterocycles. The van der Waals surface area contributed by atoms with Crippen molar-refractivity contribution in [2.45, 2.75) is 32.3 Å². The summed E-state index contributed by atoms with van der Waals surface area (Å²) in [6.45, 7) is 3.81. The second-order valence-corrected chi connectivity index (χ2v) is 7.63. The zero-order valence-electron chi connectivity index (χ0n) is 17.9. The van der Waals surface area contributed by atoms with Gasteiger partial charge in [-0.25, -0.2) is 0 Å². The minimum Gasteiger partial charge on any atom is -0.496 e. The van der Waals surface area contributed by atoms with Gasteiger partial charge in [-0.1, -0.05) is 29.4 Å². The van der Waals surface area contributed by atoms with Crippen molar-refractivity contribution in [3.63, 3.8) is 0 Å². The Morgan fingerprint density at radius 1 is 1.13 bits per heavy atom. The molecule has 2 heterocycles. The van der Waals surface area contributed by atoms with Crippen LogP contribution in [0.2, 0.25) is 0 Å². The monoisotopic (exact) mass is 421 g/mol. The van der Waals surface area contributed by atoms with Crippen LogP contribution in [0.3, 0.4) is 0 Å². The van der Waals surface area contributed by atoms with Crippen LogP contribution in [0.1, 0.15) is 34.6 Å². The molecule has 4 rings (SSSR count). The molecule has 31 heavy (non-hydrogen) atoms. The number of amides is 1. The Balaban J connectivity index is 1.24. The Morgan fingerprint density at radius 2 is 1.90 bits per heavy atom. The molecule has 0 aliphatic carbocycles. The molecule has 0 radical (unpaired) electrons. The molecule has 3 aromatic rings. The lowest BCUT2D eigenvalue weighted by molar-refractivity contribution is 0.00944. The quantitative estimate of drug-likeness (QED) is 0.575. The van der Waals surface area contributed by atoms with E-state index in [1.807, 2.05) is 60.4 Å². The molecule has 0 unspecified atom stereocenters. The minimum atomic E-state index is 0.0510. The van der Waals surface area contributed by atoms with Crippen molar-refractivity contribution >= 4 is 5.91 Å². The van der Waals surface area contributed by atoms with Crippen molar-refractivity contribution in [1.82, 2.24) is 15.0 Å². The summed E-state index contributed by atoms with van der Waals surface area (Å²) in [4.78, 5) is 19.2. The molecular formula is C24H27N3O4. The third-order valence-electron chi connectivity index (χ3n) is 5.63. The summed E-state index contributed by atoms with van der Waals surface area (Å²) in [5.41, 5.74) is 2.49. The zero-order valence-corrected chi connectivity index (χ0v) is 17.9. The summed E-state index contributed by atoms with van der Waals surface area (Å²) in [5, 5.41) is 4.04. The lowest BCUT2D eigenvalue weighted by Gasteiger charge is -2.32. The summed E-state index contributed by atoms with van der Waals surface area (Å²) >= 11 is 0. The molecule has 1 aliphatic rings. The number of hydrogen-bond acceptors (Lipinski definition) is 6. The molecule has 162 valence electrons. The van der Waals surface area contributed by atoms with E-state index in [0.717, 1.165) is 29.7 Å². The van der Waals surface area contributed by atoms with Gasteiger partial charge in [0.05, 0.1) is 19.8 Å². The van der Waals surface area contributed by atoms with Gasteiger partial charge in [-0.05, 0) is 44.0 Å². The molecule has 7 heteroatoms. The van der Waals surface area contributed by atoms with Gasteiger partial charge in [0.1, 0.15) is 5.75 Å². The zero-order chi connectivity index (χ0) is 21.6. The average Bonchev–Trinajstić information content (AvgIpc) is 3.29. The van der Waals surface area contributed by atoms with E-state index in [9.17, 15) is 4.79 Å². The van der Waals surface area contributed by atoms with Gasteiger partial charge < -0.3 is 18.9 Å². The Labute approximate surface area is 182 Å². The summed E-state index contributed by atoms with van der Waals surface area (Å²) in [7, 11) is 1.62. The largest absolute Gasteiger partial charge is 0.496 e. The first-order chi connectivity index (χ1) is 15.2. The lowest BCUT2D eigenvalue weighted by Crippen LogP contribution is -2.41. The molecule has 7 nitrogen and oxygen atoms in total. The van der Waals surface area contributed by atoms with Crippen molar-refractivity contribution in [2.24, 2.45) is 0 Å². The number of carbonyl (C=O) groups excluding carboxylic acids is 1. The fraction of sp³-hybridized carbons (Fsp3) is 0.375. The van der Waals surface area contributed by atoms with Gasteiger partial charge in [0.25, 0.3) is 11.8 Å². The first kappa shape index (κ1) is 21.1. The highest BCUT2D eigenvalue weighted by Gasteiger charge is 2.25. The van der Waals surface area contributed by atoms with Crippen molar-refractivity contribution < 1.29 is 18.8 Å². The van der Waals surface area contributed by atoms with Crippen LogP contribution in [-0.4, -0.2) is 53.9 Å². The van der Waals surface area contributed by atoms with E-state index in [4.69, 9.17) is 14.0 Å². The lowest BCUT2D eigenvalue weighted by atomic mass is 10.0. The number of piperidine rings is 1. The van der Waals surface area contributed by atoms with Gasteiger partial charge in [-0.2, -0.15) is 4.98 Å². The molecule has 0 bridgehead atoms. The van der Waals surface area contributed by atoms with Crippen LogP contribution >= 0.6 is 0 Å². The standard InChI is InChI=1S/C24H27N3O4/c1-17-20(9-6-10-21(17)29-2)24(28)27-14-11-19(12-15-27)30-16-13-22-25-23(31-26-22)18-7-4-3-5-8-18/h3-10,19H,11-16H2,1-2H3. The van der Waals surface area contributed by atoms with Crippen molar-refractivity contribution in [1.29, 1.82) is 0 Å². The second kappa shape index (κ2) is 9.75. The van der Waals surface area contributed by atoms with E-state index in [2.05, 4.69) is 10.1 Å². The van der Waals surface area contributed by atoms with Gasteiger partial charge in [-0.3, -0.25) is 4.79 Å². The van der Waals surface area contributed by atoms with Crippen LogP contribution in [0, 0.1) is 6.92 Å². The predicted octanol–water partition coefficient (Wildman–Crippen LogP) is 3.92. The van der Waals surface area contributed by atoms with Crippen molar-refractivity contribution in [2.75, 3.05) is 26.8 Å². The number of aromatic nitrogens is 2. The fourth-order valence-electron chi connectivity index (χ4n) is 3.83. The predicted molar refractivity (Wildman–Crippen MR) is 116 cm³/mol. The van der Waals surface area contributed by atoms with E-state index >= 15 is 0 Å². The minimum absolute atomic E-state index is 0.0510. The maximum atomic E-state index is 12.9. The highest BCUT2D eigenvalue weighted by molar-refractivity contribution is 5.96. The van der Waals surface area contributed by atoms with Crippen LogP contribution < -0.4 is 4.74 Å². The van der Waals surface area contributed by atoms with Gasteiger partial charge in [0.2, 0.25) is 0 Å². The smallest absolute Gasteiger partial charge is 0.257 e. The van der Waals surface area contributed by atoms with E-state index < -0.39 is 0 Å². The second-order valence-electron chi connectivity index (χ2n) is 7.63. The summed E-state index contributed by atoms with van der Waals surface area (Å²) in [6, 6.07) is 15.3. The molecule has 1 fully saturated rings. The number of benzene rings is 2. The van der Waals surface area contributed by atoms with E-state index in [-0.39, 0.29) is 12.0 Å². The average molecular weight is 421 g/mol. The first-order valence-electron chi connectivity index (χ1n) is 10.6. The normalized spacial score (nSPS) is 14.6. The van der Waals surface area contributed by atoms with Crippen LogP contribution in [0.15, 0.2) is 53.1 Å². The summed E-state index contributed by atoms with van der Waals surface area (Å²) < 4.78 is 16.7. The third kappa shape index (κ3) is 4.94. The number of carbonyl (C=O) groups is 1. The summed E-state index contributed by atoms with van der Waals surface area (Å²) in [5.74, 6) is 1.95. The number of ether oxygens (including phenoxy) is 2. The van der Waals surface area contributed by atoms with E-state index in [0.29, 0.717) is 43.4 Å². The number of methoxy groups -OCH3 is 1.